The molecule has 0 spiro atoms. The largest absolute Gasteiger partial charge is 0.478 e. The van der Waals surface area contributed by atoms with Gasteiger partial charge in [0.05, 0.1) is 12.2 Å². The van der Waals surface area contributed by atoms with Crippen molar-refractivity contribution < 1.29 is 9.90 Å². The summed E-state index contributed by atoms with van der Waals surface area (Å²) >= 11 is 12.6. The predicted molar refractivity (Wildman–Crippen MR) is 115 cm³/mol. The zero-order valence-corrected chi connectivity index (χ0v) is 16.7. The Balaban J connectivity index is 1.84. The minimum absolute atomic E-state index is 0.258. The maximum atomic E-state index is 10.8. The van der Waals surface area contributed by atoms with Crippen LogP contribution in [0.15, 0.2) is 54.6 Å². The Morgan fingerprint density at radius 2 is 1.79 bits per heavy atom. The van der Waals surface area contributed by atoms with E-state index >= 15 is 0 Å². The smallest absolute Gasteiger partial charge is 0.328 e. The van der Waals surface area contributed by atoms with Crippen LogP contribution in [0.25, 0.3) is 18.2 Å². The SMILES string of the molecule is Cc1nc(Cl)c(C=CC(=O)O)n1Cc1ccc(C=Cc2ccccc2)cc1Cl. The van der Waals surface area contributed by atoms with Crippen LogP contribution in [0, 0.1) is 6.92 Å². The highest BCUT2D eigenvalue weighted by molar-refractivity contribution is 6.31. The van der Waals surface area contributed by atoms with Gasteiger partial charge in [0.15, 0.2) is 5.15 Å². The maximum Gasteiger partial charge on any atom is 0.328 e. The monoisotopic (exact) mass is 412 g/mol. The van der Waals surface area contributed by atoms with Crippen molar-refractivity contribution >= 4 is 47.4 Å². The van der Waals surface area contributed by atoms with Gasteiger partial charge in [-0.2, -0.15) is 0 Å². The van der Waals surface area contributed by atoms with Gasteiger partial charge in [0.2, 0.25) is 0 Å². The number of halogens is 2. The van der Waals surface area contributed by atoms with Gasteiger partial charge in [-0.3, -0.25) is 0 Å². The summed E-state index contributed by atoms with van der Waals surface area (Å²) < 4.78 is 1.84. The standard InChI is InChI=1S/C22H18Cl2N2O2/c1-15-25-22(24)20(11-12-21(27)28)26(15)14-18-10-9-17(13-19(18)23)8-7-16-5-3-2-4-6-16/h2-13H,14H2,1H3,(H,27,28). The number of aryl methyl sites for hydroxylation is 1. The number of carbonyl (C=O) groups is 1. The molecule has 0 unspecified atom stereocenters. The van der Waals surface area contributed by atoms with Gasteiger partial charge in [-0.1, -0.05) is 77.8 Å². The molecule has 0 amide bonds. The van der Waals surface area contributed by atoms with Gasteiger partial charge in [0.25, 0.3) is 0 Å². The van der Waals surface area contributed by atoms with Crippen LogP contribution < -0.4 is 0 Å². The second-order valence-electron chi connectivity index (χ2n) is 6.19. The van der Waals surface area contributed by atoms with E-state index in [1.807, 2.05) is 72.2 Å². The number of rotatable bonds is 6. The molecule has 2 aromatic carbocycles. The van der Waals surface area contributed by atoms with Crippen molar-refractivity contribution in [2.45, 2.75) is 13.5 Å². The molecule has 142 valence electrons. The number of carboxylic acids is 1. The fraction of sp³-hybridized carbons (Fsp3) is 0.0909. The lowest BCUT2D eigenvalue weighted by Gasteiger charge is -2.10. The molecule has 0 fully saturated rings. The lowest BCUT2D eigenvalue weighted by atomic mass is 10.1. The first-order chi connectivity index (χ1) is 13.4. The number of hydrogen-bond acceptors (Lipinski definition) is 2. The number of hydrogen-bond donors (Lipinski definition) is 1. The predicted octanol–water partition coefficient (Wildman–Crippen LogP) is 5.81. The quantitative estimate of drug-likeness (QED) is 0.410. The van der Waals surface area contributed by atoms with Crippen LogP contribution in [-0.2, 0) is 11.3 Å². The molecule has 0 saturated carbocycles. The topological polar surface area (TPSA) is 55.1 Å². The summed E-state index contributed by atoms with van der Waals surface area (Å²) in [6, 6.07) is 15.9. The van der Waals surface area contributed by atoms with Gasteiger partial charge in [-0.15, -0.1) is 0 Å². The van der Waals surface area contributed by atoms with Crippen LogP contribution in [0.4, 0.5) is 0 Å². The Morgan fingerprint density at radius 3 is 2.46 bits per heavy atom. The Bertz CT molecular complexity index is 1050. The van der Waals surface area contributed by atoms with E-state index < -0.39 is 5.97 Å². The van der Waals surface area contributed by atoms with Gasteiger partial charge in [-0.05, 0) is 35.8 Å². The van der Waals surface area contributed by atoms with E-state index in [9.17, 15) is 4.79 Å². The number of aromatic nitrogens is 2. The van der Waals surface area contributed by atoms with Gasteiger partial charge in [-0.25, -0.2) is 9.78 Å². The highest BCUT2D eigenvalue weighted by Crippen LogP contribution is 2.25. The van der Waals surface area contributed by atoms with Gasteiger partial charge < -0.3 is 9.67 Å². The average Bonchev–Trinajstić information content (AvgIpc) is 2.93. The summed E-state index contributed by atoms with van der Waals surface area (Å²) in [4.78, 5) is 15.1. The van der Waals surface area contributed by atoms with Crippen LogP contribution in [0.2, 0.25) is 10.2 Å². The lowest BCUT2D eigenvalue weighted by molar-refractivity contribution is -0.131. The molecule has 0 bridgehead atoms. The zero-order valence-electron chi connectivity index (χ0n) is 15.1. The van der Waals surface area contributed by atoms with Crippen LogP contribution in [0.3, 0.4) is 0 Å². The molecule has 0 radical (unpaired) electrons. The van der Waals surface area contributed by atoms with Crippen LogP contribution >= 0.6 is 23.2 Å². The number of aliphatic carboxylic acids is 1. The first-order valence-electron chi connectivity index (χ1n) is 8.59. The Morgan fingerprint density at radius 1 is 1.07 bits per heavy atom. The van der Waals surface area contributed by atoms with Crippen LogP contribution in [-0.4, -0.2) is 20.6 Å². The molecule has 6 heteroatoms. The first-order valence-corrected chi connectivity index (χ1v) is 9.35. The Kier molecular flexibility index (Phi) is 6.34. The van der Waals surface area contributed by atoms with Crippen LogP contribution in [0.1, 0.15) is 28.2 Å². The molecular formula is C22H18Cl2N2O2. The molecule has 1 aromatic heterocycles. The van der Waals surface area contributed by atoms with Crippen molar-refractivity contribution in [2.24, 2.45) is 0 Å². The molecule has 28 heavy (non-hydrogen) atoms. The Labute approximate surface area is 173 Å². The number of nitrogens with zero attached hydrogens (tertiary/aromatic N) is 2. The molecule has 3 rings (SSSR count). The van der Waals surface area contributed by atoms with E-state index in [0.717, 1.165) is 22.8 Å². The molecule has 0 aliphatic rings. The van der Waals surface area contributed by atoms with E-state index in [-0.39, 0.29) is 5.15 Å². The molecule has 0 aliphatic heterocycles. The van der Waals surface area contributed by atoms with Crippen molar-refractivity contribution in [3.05, 3.63) is 93.0 Å². The fourth-order valence-corrected chi connectivity index (χ4v) is 3.31. The van der Waals surface area contributed by atoms with E-state index in [1.165, 1.54) is 6.08 Å². The highest BCUT2D eigenvalue weighted by Gasteiger charge is 2.13. The second kappa shape index (κ2) is 8.91. The maximum absolute atomic E-state index is 10.8. The van der Waals surface area contributed by atoms with Crippen molar-refractivity contribution in [1.29, 1.82) is 0 Å². The lowest BCUT2D eigenvalue weighted by Crippen LogP contribution is -2.05. The molecule has 1 heterocycles. The number of benzene rings is 2. The number of carboxylic acid groups (broad SMARTS) is 1. The van der Waals surface area contributed by atoms with E-state index in [2.05, 4.69) is 4.98 Å². The molecule has 1 N–H and O–H groups in total. The summed E-state index contributed by atoms with van der Waals surface area (Å²) in [5, 5.41) is 9.75. The van der Waals surface area contributed by atoms with Crippen LogP contribution in [0.5, 0.6) is 0 Å². The molecule has 0 atom stereocenters. The summed E-state index contributed by atoms with van der Waals surface area (Å²) in [6.07, 6.45) is 6.51. The third-order valence-electron chi connectivity index (χ3n) is 4.21. The zero-order chi connectivity index (χ0) is 20.1. The van der Waals surface area contributed by atoms with E-state index in [4.69, 9.17) is 28.3 Å². The third kappa shape index (κ3) is 4.91. The Hall–Kier alpha value is -2.82. The summed E-state index contributed by atoms with van der Waals surface area (Å²) in [5.74, 6) is -0.367. The third-order valence-corrected chi connectivity index (χ3v) is 4.84. The van der Waals surface area contributed by atoms with E-state index in [1.54, 1.807) is 0 Å². The van der Waals surface area contributed by atoms with Crippen molar-refractivity contribution in [1.82, 2.24) is 9.55 Å². The first kappa shape index (κ1) is 19.9. The minimum atomic E-state index is -1.05. The van der Waals surface area contributed by atoms with Crippen molar-refractivity contribution in [3.63, 3.8) is 0 Å². The highest BCUT2D eigenvalue weighted by atomic mass is 35.5. The summed E-state index contributed by atoms with van der Waals surface area (Å²) in [6.45, 7) is 2.25. The molecule has 0 aliphatic carbocycles. The normalized spacial score (nSPS) is 11.5. The van der Waals surface area contributed by atoms with Gasteiger partial charge >= 0.3 is 5.97 Å². The van der Waals surface area contributed by atoms with Gasteiger partial charge in [0, 0.05) is 11.1 Å². The number of imidazole rings is 1. The van der Waals surface area contributed by atoms with E-state index in [0.29, 0.717) is 23.1 Å². The van der Waals surface area contributed by atoms with Gasteiger partial charge in [0.1, 0.15) is 5.82 Å². The summed E-state index contributed by atoms with van der Waals surface area (Å²) in [5.41, 5.74) is 3.52. The molecular weight excluding hydrogens is 395 g/mol. The second-order valence-corrected chi connectivity index (χ2v) is 6.95. The molecule has 3 aromatic rings. The van der Waals surface area contributed by atoms with Crippen molar-refractivity contribution in [3.8, 4) is 0 Å². The average molecular weight is 413 g/mol. The fourth-order valence-electron chi connectivity index (χ4n) is 2.78. The molecule has 4 nitrogen and oxygen atoms in total. The summed E-state index contributed by atoms with van der Waals surface area (Å²) in [7, 11) is 0. The molecule has 0 saturated heterocycles. The minimum Gasteiger partial charge on any atom is -0.478 e. The van der Waals surface area contributed by atoms with Crippen molar-refractivity contribution in [2.75, 3.05) is 0 Å².